The lowest BCUT2D eigenvalue weighted by molar-refractivity contribution is 0.526. The summed E-state index contributed by atoms with van der Waals surface area (Å²) in [5, 5.41) is 16.3. The third-order valence-corrected chi connectivity index (χ3v) is 4.20. The molecule has 0 N–H and O–H groups in total. The number of thiazole rings is 1. The Kier molecular flexibility index (Phi) is 3.60. The summed E-state index contributed by atoms with van der Waals surface area (Å²) in [7, 11) is 2.02. The molecule has 0 aromatic carbocycles. The smallest absolute Gasteiger partial charge is 0.178 e. The SMILES string of the molecule is Cc1nc(CN(C)c2ccc3nnc(C(C)(C)C)n3n2)cs1. The van der Waals surface area contributed by atoms with Crippen LogP contribution in [0.2, 0.25) is 0 Å². The molecule has 0 atom stereocenters. The van der Waals surface area contributed by atoms with E-state index in [2.05, 4.69) is 46.2 Å². The Morgan fingerprint density at radius 2 is 2.00 bits per heavy atom. The average molecular weight is 316 g/mol. The molecule has 0 saturated heterocycles. The Balaban J connectivity index is 1.93. The summed E-state index contributed by atoms with van der Waals surface area (Å²) in [5.41, 5.74) is 1.73. The van der Waals surface area contributed by atoms with Crippen molar-refractivity contribution < 1.29 is 0 Å². The molecule has 6 nitrogen and oxygen atoms in total. The first-order valence-corrected chi connectivity index (χ1v) is 8.07. The predicted molar refractivity (Wildman–Crippen MR) is 88.4 cm³/mol. The van der Waals surface area contributed by atoms with Gasteiger partial charge < -0.3 is 4.90 Å². The molecule has 0 spiro atoms. The number of aryl methyl sites for hydroxylation is 1. The minimum Gasteiger partial charge on any atom is -0.352 e. The van der Waals surface area contributed by atoms with Crippen molar-refractivity contribution in [1.29, 1.82) is 0 Å². The second-order valence-electron chi connectivity index (χ2n) is 6.45. The van der Waals surface area contributed by atoms with Crippen molar-refractivity contribution in [3.05, 3.63) is 34.0 Å². The molecule has 0 amide bonds. The van der Waals surface area contributed by atoms with Gasteiger partial charge in [0.15, 0.2) is 11.5 Å². The topological polar surface area (TPSA) is 59.2 Å². The van der Waals surface area contributed by atoms with E-state index in [0.29, 0.717) is 0 Å². The Morgan fingerprint density at radius 1 is 1.23 bits per heavy atom. The fraction of sp³-hybridized carbons (Fsp3) is 0.467. The molecule has 3 aromatic heterocycles. The molecule has 0 bridgehead atoms. The minimum absolute atomic E-state index is 0.102. The second kappa shape index (κ2) is 5.31. The van der Waals surface area contributed by atoms with Crippen molar-refractivity contribution in [3.8, 4) is 0 Å². The fourth-order valence-electron chi connectivity index (χ4n) is 2.26. The van der Waals surface area contributed by atoms with Crippen LogP contribution in [0, 0.1) is 6.92 Å². The Bertz CT molecular complexity index is 798. The van der Waals surface area contributed by atoms with Crippen molar-refractivity contribution in [2.45, 2.75) is 39.7 Å². The summed E-state index contributed by atoms with van der Waals surface area (Å²) in [6.07, 6.45) is 0. The molecular weight excluding hydrogens is 296 g/mol. The summed E-state index contributed by atoms with van der Waals surface area (Å²) in [6.45, 7) is 9.08. The first-order valence-electron chi connectivity index (χ1n) is 7.20. The van der Waals surface area contributed by atoms with Crippen molar-refractivity contribution in [1.82, 2.24) is 24.8 Å². The number of aromatic nitrogens is 5. The van der Waals surface area contributed by atoms with Crippen LogP contribution in [-0.2, 0) is 12.0 Å². The van der Waals surface area contributed by atoms with Crippen LogP contribution in [0.3, 0.4) is 0 Å². The molecule has 3 rings (SSSR count). The Labute approximate surface area is 133 Å². The summed E-state index contributed by atoms with van der Waals surface area (Å²) in [6, 6.07) is 3.92. The largest absolute Gasteiger partial charge is 0.352 e. The van der Waals surface area contributed by atoms with Gasteiger partial charge in [0.05, 0.1) is 17.2 Å². The van der Waals surface area contributed by atoms with E-state index in [0.717, 1.165) is 34.5 Å². The van der Waals surface area contributed by atoms with Crippen LogP contribution in [0.1, 0.15) is 37.3 Å². The summed E-state index contributed by atoms with van der Waals surface area (Å²) in [5.74, 6) is 1.74. The molecule has 3 heterocycles. The number of nitrogens with zero attached hydrogens (tertiary/aromatic N) is 6. The van der Waals surface area contributed by atoms with Crippen molar-refractivity contribution in [2.24, 2.45) is 0 Å². The van der Waals surface area contributed by atoms with E-state index in [1.54, 1.807) is 11.3 Å². The van der Waals surface area contributed by atoms with Gasteiger partial charge in [0.1, 0.15) is 5.82 Å². The molecule has 0 aliphatic carbocycles. The molecule has 0 unspecified atom stereocenters. The van der Waals surface area contributed by atoms with E-state index in [1.165, 1.54) is 0 Å². The van der Waals surface area contributed by atoms with Crippen LogP contribution in [-0.4, -0.2) is 31.8 Å². The van der Waals surface area contributed by atoms with Gasteiger partial charge in [-0.15, -0.1) is 26.6 Å². The summed E-state index contributed by atoms with van der Waals surface area (Å²) < 4.78 is 1.83. The molecule has 0 fully saturated rings. The van der Waals surface area contributed by atoms with Gasteiger partial charge in [-0.2, -0.15) is 4.52 Å². The van der Waals surface area contributed by atoms with E-state index < -0.39 is 0 Å². The Morgan fingerprint density at radius 3 is 2.64 bits per heavy atom. The Hall–Kier alpha value is -2.02. The maximum absolute atomic E-state index is 4.70. The zero-order valence-corrected chi connectivity index (χ0v) is 14.3. The highest BCUT2D eigenvalue weighted by Crippen LogP contribution is 2.22. The van der Waals surface area contributed by atoms with Crippen LogP contribution in [0.4, 0.5) is 5.82 Å². The van der Waals surface area contributed by atoms with Gasteiger partial charge in [0.2, 0.25) is 0 Å². The van der Waals surface area contributed by atoms with Crippen LogP contribution in [0.15, 0.2) is 17.5 Å². The van der Waals surface area contributed by atoms with E-state index in [1.807, 2.05) is 30.6 Å². The van der Waals surface area contributed by atoms with Gasteiger partial charge in [-0.25, -0.2) is 4.98 Å². The lowest BCUT2D eigenvalue weighted by Crippen LogP contribution is -2.21. The van der Waals surface area contributed by atoms with E-state index >= 15 is 0 Å². The number of anilines is 1. The van der Waals surface area contributed by atoms with Gasteiger partial charge in [-0.3, -0.25) is 0 Å². The molecule has 7 heteroatoms. The van der Waals surface area contributed by atoms with Crippen LogP contribution in [0.25, 0.3) is 5.65 Å². The van der Waals surface area contributed by atoms with Gasteiger partial charge in [0.25, 0.3) is 0 Å². The monoisotopic (exact) mass is 316 g/mol. The molecule has 0 saturated carbocycles. The van der Waals surface area contributed by atoms with E-state index in [4.69, 9.17) is 5.10 Å². The molecule has 116 valence electrons. The fourth-order valence-corrected chi connectivity index (χ4v) is 2.86. The third-order valence-electron chi connectivity index (χ3n) is 3.38. The molecule has 0 radical (unpaired) electrons. The van der Waals surface area contributed by atoms with E-state index in [9.17, 15) is 0 Å². The normalized spacial score (nSPS) is 12.0. The molecule has 3 aromatic rings. The lowest BCUT2D eigenvalue weighted by Gasteiger charge is -2.18. The average Bonchev–Trinajstić information content (AvgIpc) is 3.03. The maximum Gasteiger partial charge on any atom is 0.178 e. The van der Waals surface area contributed by atoms with Crippen molar-refractivity contribution in [2.75, 3.05) is 11.9 Å². The van der Waals surface area contributed by atoms with Gasteiger partial charge in [-0.1, -0.05) is 20.8 Å². The zero-order chi connectivity index (χ0) is 15.9. The van der Waals surface area contributed by atoms with Crippen LogP contribution >= 0.6 is 11.3 Å². The maximum atomic E-state index is 4.70. The number of hydrogen-bond acceptors (Lipinski definition) is 6. The highest BCUT2D eigenvalue weighted by atomic mass is 32.1. The van der Waals surface area contributed by atoms with Gasteiger partial charge >= 0.3 is 0 Å². The molecule has 0 aliphatic rings. The van der Waals surface area contributed by atoms with Gasteiger partial charge in [-0.05, 0) is 19.1 Å². The summed E-state index contributed by atoms with van der Waals surface area (Å²) >= 11 is 1.67. The highest BCUT2D eigenvalue weighted by Gasteiger charge is 2.22. The zero-order valence-electron chi connectivity index (χ0n) is 13.5. The quantitative estimate of drug-likeness (QED) is 0.743. The third kappa shape index (κ3) is 2.81. The number of fused-ring (bicyclic) bond motifs is 1. The first-order chi connectivity index (χ1) is 10.3. The number of hydrogen-bond donors (Lipinski definition) is 0. The molecule has 0 aliphatic heterocycles. The lowest BCUT2D eigenvalue weighted by atomic mass is 9.96. The van der Waals surface area contributed by atoms with Crippen molar-refractivity contribution in [3.63, 3.8) is 0 Å². The number of rotatable bonds is 3. The highest BCUT2D eigenvalue weighted by molar-refractivity contribution is 7.09. The summed E-state index contributed by atoms with van der Waals surface area (Å²) in [4.78, 5) is 6.59. The molecule has 22 heavy (non-hydrogen) atoms. The van der Waals surface area contributed by atoms with Gasteiger partial charge in [0, 0.05) is 17.8 Å². The van der Waals surface area contributed by atoms with Crippen LogP contribution < -0.4 is 4.90 Å². The predicted octanol–water partition coefficient (Wildman–Crippen LogP) is 2.82. The second-order valence-corrected chi connectivity index (χ2v) is 7.51. The minimum atomic E-state index is -0.102. The van der Waals surface area contributed by atoms with E-state index in [-0.39, 0.29) is 5.41 Å². The molecular formula is C15H20N6S. The standard InChI is InChI=1S/C15H20N6S/c1-10-16-11(9-22-10)8-20(5)13-7-6-12-17-18-14(15(2,3)4)21(12)19-13/h6-7,9H,8H2,1-5H3. The first kappa shape index (κ1) is 14.9. The van der Waals surface area contributed by atoms with Crippen molar-refractivity contribution >= 4 is 22.8 Å². The van der Waals surface area contributed by atoms with Crippen LogP contribution in [0.5, 0.6) is 0 Å².